The normalized spacial score (nSPS) is 12.9. The molecule has 18 heavy (non-hydrogen) atoms. The Morgan fingerprint density at radius 1 is 1.28 bits per heavy atom. The summed E-state index contributed by atoms with van der Waals surface area (Å²) < 4.78 is 4.34. The molecule has 0 aliphatic carbocycles. The summed E-state index contributed by atoms with van der Waals surface area (Å²) in [4.78, 5) is 22.1. The van der Waals surface area contributed by atoms with E-state index in [1.54, 1.807) is 0 Å². The first kappa shape index (κ1) is 16.8. The number of esters is 2. The lowest BCUT2D eigenvalue weighted by Crippen LogP contribution is -2.28. The zero-order valence-electron chi connectivity index (χ0n) is 11.0. The number of carbonyl (C=O) groups is 2. The number of hydrogen-bond acceptors (Lipinski definition) is 5. The molecule has 0 fully saturated rings. The minimum Gasteiger partial charge on any atom is -0.393 e. The first-order valence-corrected chi connectivity index (χ1v) is 6.15. The highest BCUT2D eigenvalue weighted by molar-refractivity contribution is 5.87. The van der Waals surface area contributed by atoms with Crippen LogP contribution >= 0.6 is 0 Å². The van der Waals surface area contributed by atoms with Gasteiger partial charge in [0.2, 0.25) is 0 Å². The van der Waals surface area contributed by atoms with Gasteiger partial charge in [-0.2, -0.15) is 0 Å². The Morgan fingerprint density at radius 2 is 1.94 bits per heavy atom. The second-order valence-corrected chi connectivity index (χ2v) is 4.48. The van der Waals surface area contributed by atoms with E-state index in [1.165, 1.54) is 0 Å². The summed E-state index contributed by atoms with van der Waals surface area (Å²) >= 11 is 0. The van der Waals surface area contributed by atoms with Crippen molar-refractivity contribution in [3.05, 3.63) is 12.2 Å². The van der Waals surface area contributed by atoms with Gasteiger partial charge in [-0.1, -0.05) is 26.0 Å². The molecule has 0 aromatic heterocycles. The third-order valence-electron chi connectivity index (χ3n) is 2.19. The van der Waals surface area contributed by atoms with Crippen LogP contribution in [-0.4, -0.2) is 34.9 Å². The summed E-state index contributed by atoms with van der Waals surface area (Å²) in [5.74, 6) is -1.16. The summed E-state index contributed by atoms with van der Waals surface area (Å²) in [6.45, 7) is 3.50. The molecular formula is C13H22O5. The highest BCUT2D eigenvalue weighted by Crippen LogP contribution is 2.04. The molecule has 5 heteroatoms. The van der Waals surface area contributed by atoms with Crippen LogP contribution in [0.3, 0.4) is 0 Å². The molecule has 0 aliphatic rings. The maximum absolute atomic E-state index is 11.2. The number of aliphatic hydroxyl groups excluding tert-OH is 2. The second kappa shape index (κ2) is 9.79. The highest BCUT2D eigenvalue weighted by atomic mass is 16.6. The highest BCUT2D eigenvalue weighted by Gasteiger charge is 2.18. The van der Waals surface area contributed by atoms with E-state index in [4.69, 9.17) is 10.2 Å². The lowest BCUT2D eigenvalue weighted by molar-refractivity contribution is -0.167. The largest absolute Gasteiger partial charge is 0.393 e. The topological polar surface area (TPSA) is 83.8 Å². The van der Waals surface area contributed by atoms with Gasteiger partial charge >= 0.3 is 11.9 Å². The van der Waals surface area contributed by atoms with Crippen LogP contribution in [-0.2, 0) is 14.3 Å². The quantitative estimate of drug-likeness (QED) is 0.295. The average molecular weight is 258 g/mol. The van der Waals surface area contributed by atoms with Crippen LogP contribution in [0.4, 0.5) is 0 Å². The second-order valence-electron chi connectivity index (χ2n) is 4.48. The molecular weight excluding hydrogens is 236 g/mol. The van der Waals surface area contributed by atoms with Crippen molar-refractivity contribution in [1.82, 2.24) is 0 Å². The van der Waals surface area contributed by atoms with Gasteiger partial charge in [0.05, 0.1) is 6.61 Å². The van der Waals surface area contributed by atoms with Crippen LogP contribution < -0.4 is 0 Å². The number of ether oxygens (including phenoxy) is 1. The van der Waals surface area contributed by atoms with Crippen molar-refractivity contribution in [3.8, 4) is 0 Å². The summed E-state index contributed by atoms with van der Waals surface area (Å²) in [5, 5.41) is 17.3. The molecule has 5 nitrogen and oxygen atoms in total. The Balaban J connectivity index is 3.66. The summed E-state index contributed by atoms with van der Waals surface area (Å²) in [5.41, 5.74) is 0. The first-order chi connectivity index (χ1) is 8.47. The Kier molecular flexibility index (Phi) is 9.14. The SMILES string of the molecule is CC(C)C/C=C\CCCC(=O)OC(=O)C(O)CO. The van der Waals surface area contributed by atoms with E-state index in [-0.39, 0.29) is 6.42 Å². The lowest BCUT2D eigenvalue weighted by atomic mass is 10.1. The van der Waals surface area contributed by atoms with Gasteiger partial charge in [0.1, 0.15) is 0 Å². The Labute approximate surface area is 107 Å². The zero-order valence-corrected chi connectivity index (χ0v) is 11.0. The van der Waals surface area contributed by atoms with E-state index in [2.05, 4.69) is 24.7 Å². The Morgan fingerprint density at radius 3 is 2.50 bits per heavy atom. The standard InChI is InChI=1S/C13H22O5/c1-10(2)7-5-3-4-6-8-12(16)18-13(17)11(15)9-14/h3,5,10-11,14-15H,4,6-9H2,1-2H3/b5-3-. The predicted molar refractivity (Wildman–Crippen MR) is 66.6 cm³/mol. The van der Waals surface area contributed by atoms with Crippen molar-refractivity contribution in [2.24, 2.45) is 5.92 Å². The number of rotatable bonds is 8. The first-order valence-electron chi connectivity index (χ1n) is 6.15. The van der Waals surface area contributed by atoms with E-state index in [1.807, 2.05) is 6.08 Å². The third kappa shape index (κ3) is 8.90. The van der Waals surface area contributed by atoms with E-state index in [0.29, 0.717) is 12.3 Å². The van der Waals surface area contributed by atoms with Gasteiger partial charge < -0.3 is 14.9 Å². The van der Waals surface area contributed by atoms with Crippen molar-refractivity contribution < 1.29 is 24.5 Å². The molecule has 0 rings (SSSR count). The Hall–Kier alpha value is -1.20. The number of unbranched alkanes of at least 4 members (excludes halogenated alkanes) is 1. The summed E-state index contributed by atoms with van der Waals surface area (Å²) in [7, 11) is 0. The van der Waals surface area contributed by atoms with Gasteiger partial charge in [0.25, 0.3) is 0 Å². The maximum atomic E-state index is 11.2. The minimum absolute atomic E-state index is 0.121. The molecule has 0 heterocycles. The molecule has 0 saturated heterocycles. The van der Waals surface area contributed by atoms with Crippen LogP contribution in [0.5, 0.6) is 0 Å². The fraction of sp³-hybridized carbons (Fsp3) is 0.692. The molecule has 104 valence electrons. The Bertz CT molecular complexity index is 283. The van der Waals surface area contributed by atoms with Crippen molar-refractivity contribution in [2.45, 2.75) is 45.6 Å². The van der Waals surface area contributed by atoms with Gasteiger partial charge in [-0.3, -0.25) is 4.79 Å². The summed E-state index contributed by atoms with van der Waals surface area (Å²) in [6.07, 6.45) is 4.89. The molecule has 0 aromatic carbocycles. The van der Waals surface area contributed by atoms with Crippen LogP contribution in [0, 0.1) is 5.92 Å². The lowest BCUT2D eigenvalue weighted by Gasteiger charge is -2.05. The molecule has 1 unspecified atom stereocenters. The molecule has 0 amide bonds. The number of hydrogen-bond donors (Lipinski definition) is 2. The average Bonchev–Trinajstić information content (AvgIpc) is 2.31. The fourth-order valence-corrected chi connectivity index (χ4v) is 1.16. The maximum Gasteiger partial charge on any atom is 0.345 e. The van der Waals surface area contributed by atoms with Crippen LogP contribution in [0.15, 0.2) is 12.2 Å². The molecule has 1 atom stereocenters. The number of carbonyl (C=O) groups excluding carboxylic acids is 2. The van der Waals surface area contributed by atoms with E-state index in [9.17, 15) is 9.59 Å². The molecule has 0 aromatic rings. The predicted octanol–water partition coefficient (Wildman–Crippen LogP) is 1.18. The van der Waals surface area contributed by atoms with E-state index < -0.39 is 24.6 Å². The molecule has 0 spiro atoms. The number of aliphatic hydroxyl groups is 2. The smallest absolute Gasteiger partial charge is 0.345 e. The van der Waals surface area contributed by atoms with Gasteiger partial charge in [-0.25, -0.2) is 4.79 Å². The van der Waals surface area contributed by atoms with Gasteiger partial charge in [0.15, 0.2) is 6.10 Å². The number of allylic oxidation sites excluding steroid dienone is 2. The van der Waals surface area contributed by atoms with Gasteiger partial charge in [0, 0.05) is 6.42 Å². The summed E-state index contributed by atoms with van der Waals surface area (Å²) in [6, 6.07) is 0. The van der Waals surface area contributed by atoms with Crippen LogP contribution in [0.2, 0.25) is 0 Å². The van der Waals surface area contributed by atoms with E-state index >= 15 is 0 Å². The van der Waals surface area contributed by atoms with Crippen LogP contribution in [0.25, 0.3) is 0 Å². The van der Waals surface area contributed by atoms with Gasteiger partial charge in [-0.15, -0.1) is 0 Å². The van der Waals surface area contributed by atoms with Crippen LogP contribution in [0.1, 0.15) is 39.5 Å². The molecule has 2 N–H and O–H groups in total. The molecule has 0 saturated carbocycles. The van der Waals surface area contributed by atoms with Crippen molar-refractivity contribution in [1.29, 1.82) is 0 Å². The minimum atomic E-state index is -1.64. The molecule has 0 radical (unpaired) electrons. The van der Waals surface area contributed by atoms with Crippen molar-refractivity contribution in [2.75, 3.05) is 6.61 Å². The molecule has 0 aliphatic heterocycles. The van der Waals surface area contributed by atoms with E-state index in [0.717, 1.165) is 12.8 Å². The molecule has 0 bridgehead atoms. The van der Waals surface area contributed by atoms with Crippen molar-refractivity contribution >= 4 is 11.9 Å². The third-order valence-corrected chi connectivity index (χ3v) is 2.19. The van der Waals surface area contributed by atoms with Gasteiger partial charge in [-0.05, 0) is 25.2 Å². The fourth-order valence-electron chi connectivity index (χ4n) is 1.16. The zero-order chi connectivity index (χ0) is 14.0. The van der Waals surface area contributed by atoms with Crippen molar-refractivity contribution in [3.63, 3.8) is 0 Å². The monoisotopic (exact) mass is 258 g/mol.